The van der Waals surface area contributed by atoms with Gasteiger partial charge in [-0.15, -0.1) is 0 Å². The van der Waals surface area contributed by atoms with E-state index in [9.17, 15) is 9.59 Å². The number of aryl methyl sites for hydroxylation is 1. The number of hydrogen-bond acceptors (Lipinski definition) is 3. The predicted octanol–water partition coefficient (Wildman–Crippen LogP) is 4.08. The molecule has 0 unspecified atom stereocenters. The fourth-order valence-electron chi connectivity index (χ4n) is 2.34. The van der Waals surface area contributed by atoms with Crippen molar-refractivity contribution in [2.24, 2.45) is 5.92 Å². The molecular formula is C20H24ClN3O2. The number of rotatable bonds is 7. The minimum Gasteiger partial charge on any atom is -0.376 e. The van der Waals surface area contributed by atoms with Crippen LogP contribution in [0.15, 0.2) is 42.5 Å². The van der Waals surface area contributed by atoms with Gasteiger partial charge in [-0.25, -0.2) is 0 Å². The van der Waals surface area contributed by atoms with Crippen LogP contribution in [0.4, 0.5) is 11.4 Å². The first-order valence-electron chi connectivity index (χ1n) is 8.54. The van der Waals surface area contributed by atoms with Crippen LogP contribution in [0.1, 0.15) is 29.8 Å². The quantitative estimate of drug-likeness (QED) is 0.684. The van der Waals surface area contributed by atoms with Crippen molar-refractivity contribution >= 4 is 34.8 Å². The van der Waals surface area contributed by atoms with E-state index in [1.165, 1.54) is 0 Å². The molecule has 2 amide bonds. The lowest BCUT2D eigenvalue weighted by Crippen LogP contribution is -2.29. The summed E-state index contributed by atoms with van der Waals surface area (Å²) in [5.74, 6) is -0.0902. The molecule has 2 aromatic carbocycles. The summed E-state index contributed by atoms with van der Waals surface area (Å²) in [5, 5.41) is 9.32. The smallest absolute Gasteiger partial charge is 0.253 e. The largest absolute Gasteiger partial charge is 0.376 e. The number of anilines is 2. The Morgan fingerprint density at radius 2 is 1.81 bits per heavy atom. The molecule has 0 fully saturated rings. The fraction of sp³-hybridized carbons (Fsp3) is 0.300. The van der Waals surface area contributed by atoms with Crippen molar-refractivity contribution in [3.63, 3.8) is 0 Å². The Kier molecular flexibility index (Phi) is 7.04. The van der Waals surface area contributed by atoms with E-state index in [-0.39, 0.29) is 18.4 Å². The average molecular weight is 374 g/mol. The molecule has 0 atom stereocenters. The number of halogens is 1. The van der Waals surface area contributed by atoms with E-state index in [2.05, 4.69) is 16.0 Å². The lowest BCUT2D eigenvalue weighted by Gasteiger charge is -2.14. The molecule has 0 bridgehead atoms. The number of benzene rings is 2. The molecule has 2 aromatic rings. The Morgan fingerprint density at radius 3 is 2.54 bits per heavy atom. The van der Waals surface area contributed by atoms with Gasteiger partial charge in [-0.1, -0.05) is 43.6 Å². The maximum absolute atomic E-state index is 12.3. The van der Waals surface area contributed by atoms with E-state index in [0.717, 1.165) is 11.3 Å². The van der Waals surface area contributed by atoms with Gasteiger partial charge < -0.3 is 16.0 Å². The lowest BCUT2D eigenvalue weighted by molar-refractivity contribution is -0.114. The highest BCUT2D eigenvalue weighted by Gasteiger charge is 2.13. The summed E-state index contributed by atoms with van der Waals surface area (Å²) < 4.78 is 0. The molecule has 0 heterocycles. The molecule has 0 aromatic heterocycles. The normalized spacial score (nSPS) is 10.5. The maximum Gasteiger partial charge on any atom is 0.253 e. The lowest BCUT2D eigenvalue weighted by atomic mass is 10.1. The minimum absolute atomic E-state index is 0.0725. The van der Waals surface area contributed by atoms with Crippen molar-refractivity contribution in [3.05, 3.63) is 58.6 Å². The second-order valence-corrected chi connectivity index (χ2v) is 6.95. The molecule has 0 saturated carbocycles. The highest BCUT2D eigenvalue weighted by Crippen LogP contribution is 2.20. The summed E-state index contributed by atoms with van der Waals surface area (Å²) in [6.07, 6.45) is 0. The molecule has 0 aliphatic heterocycles. The summed E-state index contributed by atoms with van der Waals surface area (Å²) in [4.78, 5) is 24.6. The molecule has 0 aliphatic carbocycles. The third kappa shape index (κ3) is 5.77. The SMILES string of the molecule is Cc1ccc(Cl)cc1NCC(=O)Nc1ccccc1C(=O)NCC(C)C. The molecule has 26 heavy (non-hydrogen) atoms. The predicted molar refractivity (Wildman–Crippen MR) is 107 cm³/mol. The zero-order valence-electron chi connectivity index (χ0n) is 15.2. The molecule has 138 valence electrons. The van der Waals surface area contributed by atoms with E-state index < -0.39 is 0 Å². The van der Waals surface area contributed by atoms with E-state index >= 15 is 0 Å². The summed E-state index contributed by atoms with van der Waals surface area (Å²) in [5.41, 5.74) is 2.73. The van der Waals surface area contributed by atoms with Crippen LogP contribution in [0.3, 0.4) is 0 Å². The van der Waals surface area contributed by atoms with Gasteiger partial charge >= 0.3 is 0 Å². The Balaban J connectivity index is 2.00. The van der Waals surface area contributed by atoms with Gasteiger partial charge in [-0.2, -0.15) is 0 Å². The molecule has 5 nitrogen and oxygen atoms in total. The number of hydrogen-bond donors (Lipinski definition) is 3. The molecule has 2 rings (SSSR count). The van der Waals surface area contributed by atoms with Crippen LogP contribution in [0.25, 0.3) is 0 Å². The Morgan fingerprint density at radius 1 is 1.08 bits per heavy atom. The van der Waals surface area contributed by atoms with Crippen LogP contribution in [0.5, 0.6) is 0 Å². The first-order chi connectivity index (χ1) is 12.4. The van der Waals surface area contributed by atoms with Gasteiger partial charge in [0.1, 0.15) is 0 Å². The fourth-order valence-corrected chi connectivity index (χ4v) is 2.51. The average Bonchev–Trinajstić information content (AvgIpc) is 2.61. The molecule has 0 saturated heterocycles. The first kappa shape index (κ1) is 19.8. The third-order valence-electron chi connectivity index (χ3n) is 3.76. The molecule has 0 aliphatic rings. The van der Waals surface area contributed by atoms with Crippen molar-refractivity contribution < 1.29 is 9.59 Å². The van der Waals surface area contributed by atoms with Crippen molar-refractivity contribution in [1.29, 1.82) is 0 Å². The van der Waals surface area contributed by atoms with E-state index in [1.807, 2.05) is 26.8 Å². The minimum atomic E-state index is -0.242. The highest BCUT2D eigenvalue weighted by atomic mass is 35.5. The number of carbonyl (C=O) groups excluding carboxylic acids is 2. The standard InChI is InChI=1S/C20H24ClN3O2/c1-13(2)11-23-20(26)16-6-4-5-7-17(16)24-19(25)12-22-18-10-15(21)9-8-14(18)3/h4-10,13,22H,11-12H2,1-3H3,(H,23,26)(H,24,25). The molecule has 6 heteroatoms. The summed E-state index contributed by atoms with van der Waals surface area (Å²) in [6.45, 7) is 6.64. The van der Waals surface area contributed by atoms with Crippen LogP contribution in [-0.4, -0.2) is 24.9 Å². The Hall–Kier alpha value is -2.53. The van der Waals surface area contributed by atoms with Gasteiger partial charge in [0.15, 0.2) is 0 Å². The van der Waals surface area contributed by atoms with Crippen molar-refractivity contribution in [2.45, 2.75) is 20.8 Å². The summed E-state index contributed by atoms with van der Waals surface area (Å²) >= 11 is 5.98. The second kappa shape index (κ2) is 9.25. The summed E-state index contributed by atoms with van der Waals surface area (Å²) in [7, 11) is 0. The maximum atomic E-state index is 12.3. The molecule has 3 N–H and O–H groups in total. The van der Waals surface area contributed by atoms with Crippen molar-refractivity contribution in [2.75, 3.05) is 23.7 Å². The number of amides is 2. The van der Waals surface area contributed by atoms with Crippen molar-refractivity contribution in [3.8, 4) is 0 Å². The van der Waals surface area contributed by atoms with Crippen molar-refractivity contribution in [1.82, 2.24) is 5.32 Å². The summed E-state index contributed by atoms with van der Waals surface area (Å²) in [6, 6.07) is 12.4. The third-order valence-corrected chi connectivity index (χ3v) is 3.99. The van der Waals surface area contributed by atoms with Gasteiger partial charge in [0.2, 0.25) is 5.91 Å². The van der Waals surface area contributed by atoms with Crippen LogP contribution in [0.2, 0.25) is 5.02 Å². The van der Waals surface area contributed by atoms with E-state index in [4.69, 9.17) is 11.6 Å². The monoisotopic (exact) mass is 373 g/mol. The second-order valence-electron chi connectivity index (χ2n) is 6.51. The number of nitrogens with one attached hydrogen (secondary N) is 3. The number of carbonyl (C=O) groups is 2. The van der Waals surface area contributed by atoms with E-state index in [0.29, 0.717) is 28.7 Å². The van der Waals surface area contributed by atoms with Crippen LogP contribution >= 0.6 is 11.6 Å². The van der Waals surface area contributed by atoms with Gasteiger partial charge in [0, 0.05) is 17.3 Å². The van der Waals surface area contributed by atoms with Gasteiger partial charge in [-0.05, 0) is 42.7 Å². The zero-order valence-corrected chi connectivity index (χ0v) is 16.0. The van der Waals surface area contributed by atoms with Gasteiger partial charge in [0.25, 0.3) is 5.91 Å². The number of para-hydroxylation sites is 1. The Labute approximate surface area is 159 Å². The topological polar surface area (TPSA) is 70.2 Å². The van der Waals surface area contributed by atoms with E-state index in [1.54, 1.807) is 36.4 Å². The zero-order chi connectivity index (χ0) is 19.1. The van der Waals surface area contributed by atoms with Gasteiger partial charge in [-0.3, -0.25) is 9.59 Å². The highest BCUT2D eigenvalue weighted by molar-refractivity contribution is 6.30. The first-order valence-corrected chi connectivity index (χ1v) is 8.91. The van der Waals surface area contributed by atoms with Crippen LogP contribution in [0, 0.1) is 12.8 Å². The van der Waals surface area contributed by atoms with Crippen LogP contribution in [-0.2, 0) is 4.79 Å². The molecule has 0 radical (unpaired) electrons. The van der Waals surface area contributed by atoms with Crippen LogP contribution < -0.4 is 16.0 Å². The van der Waals surface area contributed by atoms with Gasteiger partial charge in [0.05, 0.1) is 17.8 Å². The molecule has 0 spiro atoms. The molecular weight excluding hydrogens is 350 g/mol. The Bertz CT molecular complexity index is 790.